The predicted molar refractivity (Wildman–Crippen MR) is 126 cm³/mol. The molecule has 1 heterocycles. The van der Waals surface area contributed by atoms with Crippen molar-refractivity contribution >= 4 is 17.7 Å². The Hall–Kier alpha value is -3.41. The Morgan fingerprint density at radius 2 is 1.82 bits per heavy atom. The molecule has 0 radical (unpaired) electrons. The van der Waals surface area contributed by atoms with Crippen LogP contribution in [0.15, 0.2) is 59.9 Å². The monoisotopic (exact) mass is 449 g/mol. The molecule has 0 saturated carbocycles. The summed E-state index contributed by atoms with van der Waals surface area (Å²) in [5.74, 6) is -1.56. The fourth-order valence-electron chi connectivity index (χ4n) is 3.99. The first kappa shape index (κ1) is 24.2. The van der Waals surface area contributed by atoms with Crippen LogP contribution in [0.25, 0.3) is 0 Å². The highest BCUT2D eigenvalue weighted by Crippen LogP contribution is 2.39. The number of ether oxygens (including phenoxy) is 1. The molecule has 0 spiro atoms. The molecule has 1 aliphatic heterocycles. The van der Waals surface area contributed by atoms with Gasteiger partial charge in [-0.05, 0) is 42.5 Å². The van der Waals surface area contributed by atoms with Crippen LogP contribution in [0.3, 0.4) is 0 Å². The number of nitrogens with zero attached hydrogens (tertiary/aromatic N) is 1. The minimum Gasteiger partial charge on any atom is -0.503 e. The van der Waals surface area contributed by atoms with Gasteiger partial charge in [-0.3, -0.25) is 9.59 Å². The second-order valence-electron chi connectivity index (χ2n) is 8.87. The van der Waals surface area contributed by atoms with Gasteiger partial charge in [0.25, 0.3) is 5.91 Å². The van der Waals surface area contributed by atoms with E-state index in [4.69, 9.17) is 4.74 Å². The van der Waals surface area contributed by atoms with Gasteiger partial charge in [-0.25, -0.2) is 4.79 Å². The molecule has 1 N–H and O–H groups in total. The first-order chi connectivity index (χ1) is 15.7. The van der Waals surface area contributed by atoms with E-state index in [2.05, 4.69) is 0 Å². The van der Waals surface area contributed by atoms with Crippen LogP contribution in [0.5, 0.6) is 0 Å². The van der Waals surface area contributed by atoms with Gasteiger partial charge in [0.1, 0.15) is 0 Å². The number of benzene rings is 2. The quantitative estimate of drug-likeness (QED) is 0.540. The molecule has 1 aliphatic rings. The fraction of sp³-hybridized carbons (Fsp3) is 0.370. The van der Waals surface area contributed by atoms with Crippen molar-refractivity contribution in [2.75, 3.05) is 6.61 Å². The summed E-state index contributed by atoms with van der Waals surface area (Å²) >= 11 is 0. The highest BCUT2D eigenvalue weighted by molar-refractivity contribution is 6.09. The summed E-state index contributed by atoms with van der Waals surface area (Å²) in [7, 11) is 0. The van der Waals surface area contributed by atoms with Gasteiger partial charge in [-0.15, -0.1) is 0 Å². The Labute approximate surface area is 194 Å². The molecule has 174 valence electrons. The Balaban J connectivity index is 1.92. The molecule has 6 heteroatoms. The molecule has 2 aromatic rings. The Morgan fingerprint density at radius 3 is 2.42 bits per heavy atom. The molecule has 1 unspecified atom stereocenters. The number of aliphatic hydroxyl groups is 1. The molecule has 3 rings (SSSR count). The number of ketones is 1. The van der Waals surface area contributed by atoms with Crippen LogP contribution in [0.4, 0.5) is 0 Å². The number of esters is 1. The third-order valence-electron chi connectivity index (χ3n) is 5.54. The molecule has 0 bridgehead atoms. The lowest BCUT2D eigenvalue weighted by molar-refractivity contribution is -0.130. The second-order valence-corrected chi connectivity index (χ2v) is 8.87. The van der Waals surface area contributed by atoms with E-state index in [-0.39, 0.29) is 36.2 Å². The molecule has 33 heavy (non-hydrogen) atoms. The van der Waals surface area contributed by atoms with Crippen LogP contribution in [0.1, 0.15) is 66.7 Å². The highest BCUT2D eigenvalue weighted by Gasteiger charge is 2.43. The molecule has 0 aliphatic carbocycles. The minimum atomic E-state index is -0.669. The largest absolute Gasteiger partial charge is 0.503 e. The van der Waals surface area contributed by atoms with Crippen molar-refractivity contribution < 1.29 is 24.2 Å². The van der Waals surface area contributed by atoms with E-state index in [1.807, 2.05) is 52.0 Å². The molecular formula is C27H31NO5. The Morgan fingerprint density at radius 1 is 1.12 bits per heavy atom. The predicted octanol–water partition coefficient (Wildman–Crippen LogP) is 5.07. The van der Waals surface area contributed by atoms with Gasteiger partial charge in [0.15, 0.2) is 11.5 Å². The zero-order valence-electron chi connectivity index (χ0n) is 19.6. The topological polar surface area (TPSA) is 83.9 Å². The maximum Gasteiger partial charge on any atom is 0.338 e. The molecule has 0 fully saturated rings. The van der Waals surface area contributed by atoms with E-state index >= 15 is 0 Å². The zero-order chi connectivity index (χ0) is 24.1. The standard InChI is InChI=1S/C27H31NO5/c1-5-13-33-27(32)20-11-9-19(10-12-20)16-28-24(21-8-6-7-18(4)15-21)23(25(30)26(28)31)22(29)14-17(2)3/h6-12,15,17,24,30H,5,13-14,16H2,1-4H3. The third kappa shape index (κ3) is 5.51. The van der Waals surface area contributed by atoms with Crippen molar-refractivity contribution in [2.24, 2.45) is 5.92 Å². The van der Waals surface area contributed by atoms with Crippen LogP contribution >= 0.6 is 0 Å². The number of rotatable bonds is 9. The summed E-state index contributed by atoms with van der Waals surface area (Å²) in [6.45, 7) is 8.28. The number of amides is 1. The van der Waals surface area contributed by atoms with Gasteiger partial charge < -0.3 is 14.7 Å². The summed E-state index contributed by atoms with van der Waals surface area (Å²) in [6.07, 6.45) is 0.993. The average Bonchev–Trinajstić information content (AvgIpc) is 3.02. The number of Topliss-reactive ketones (excluding diaryl/α,β-unsaturated/α-hetero) is 1. The normalized spacial score (nSPS) is 16.0. The Kier molecular flexibility index (Phi) is 7.69. The maximum absolute atomic E-state index is 13.1. The van der Waals surface area contributed by atoms with E-state index < -0.39 is 17.7 Å². The second kappa shape index (κ2) is 10.5. The van der Waals surface area contributed by atoms with E-state index in [0.29, 0.717) is 12.2 Å². The molecule has 1 amide bonds. The highest BCUT2D eigenvalue weighted by atomic mass is 16.5. The van der Waals surface area contributed by atoms with Crippen molar-refractivity contribution in [3.63, 3.8) is 0 Å². The van der Waals surface area contributed by atoms with E-state index in [1.54, 1.807) is 24.3 Å². The number of aliphatic hydroxyl groups excluding tert-OH is 1. The van der Waals surface area contributed by atoms with Crippen LogP contribution in [-0.2, 0) is 20.9 Å². The summed E-state index contributed by atoms with van der Waals surface area (Å²) in [5, 5.41) is 10.7. The third-order valence-corrected chi connectivity index (χ3v) is 5.54. The Bertz CT molecular complexity index is 1070. The number of carbonyl (C=O) groups is 3. The lowest BCUT2D eigenvalue weighted by Crippen LogP contribution is -2.30. The molecule has 2 aromatic carbocycles. The van der Waals surface area contributed by atoms with Gasteiger partial charge in [0.05, 0.1) is 23.8 Å². The van der Waals surface area contributed by atoms with Crippen LogP contribution in [0, 0.1) is 12.8 Å². The van der Waals surface area contributed by atoms with Crippen molar-refractivity contribution in [3.8, 4) is 0 Å². The molecular weight excluding hydrogens is 418 g/mol. The minimum absolute atomic E-state index is 0.0973. The van der Waals surface area contributed by atoms with Crippen molar-refractivity contribution in [3.05, 3.63) is 82.1 Å². The fourth-order valence-corrected chi connectivity index (χ4v) is 3.99. The van der Waals surface area contributed by atoms with Gasteiger partial charge in [0, 0.05) is 13.0 Å². The van der Waals surface area contributed by atoms with Gasteiger partial charge in [0.2, 0.25) is 0 Å². The van der Waals surface area contributed by atoms with Crippen molar-refractivity contribution in [1.29, 1.82) is 0 Å². The molecule has 6 nitrogen and oxygen atoms in total. The van der Waals surface area contributed by atoms with Crippen LogP contribution in [0.2, 0.25) is 0 Å². The van der Waals surface area contributed by atoms with E-state index in [9.17, 15) is 19.5 Å². The number of carbonyl (C=O) groups excluding carboxylic acids is 3. The van der Waals surface area contributed by atoms with Gasteiger partial charge in [-0.2, -0.15) is 0 Å². The first-order valence-electron chi connectivity index (χ1n) is 11.3. The average molecular weight is 450 g/mol. The summed E-state index contributed by atoms with van der Waals surface area (Å²) in [4.78, 5) is 39.7. The van der Waals surface area contributed by atoms with Crippen LogP contribution < -0.4 is 0 Å². The molecule has 0 aromatic heterocycles. The summed E-state index contributed by atoms with van der Waals surface area (Å²) in [6, 6.07) is 13.8. The van der Waals surface area contributed by atoms with Gasteiger partial charge in [-0.1, -0.05) is 62.7 Å². The lowest BCUT2D eigenvalue weighted by Gasteiger charge is -2.27. The van der Waals surface area contributed by atoms with Crippen molar-refractivity contribution in [2.45, 2.75) is 53.1 Å². The summed E-state index contributed by atoms with van der Waals surface area (Å²) < 4.78 is 5.16. The van der Waals surface area contributed by atoms with Crippen LogP contribution in [-0.4, -0.2) is 34.3 Å². The maximum atomic E-state index is 13.1. The molecule has 0 saturated heterocycles. The first-order valence-corrected chi connectivity index (χ1v) is 11.3. The van der Waals surface area contributed by atoms with Crippen molar-refractivity contribution in [1.82, 2.24) is 4.90 Å². The summed E-state index contributed by atoms with van der Waals surface area (Å²) in [5.41, 5.74) is 3.14. The zero-order valence-corrected chi connectivity index (χ0v) is 19.6. The lowest BCUT2D eigenvalue weighted by atomic mass is 9.91. The molecule has 1 atom stereocenters. The smallest absolute Gasteiger partial charge is 0.338 e. The van der Waals surface area contributed by atoms with Gasteiger partial charge >= 0.3 is 5.97 Å². The SMILES string of the molecule is CCCOC(=O)c1ccc(CN2C(=O)C(O)=C(C(=O)CC(C)C)C2c2cccc(C)c2)cc1. The number of hydrogen-bond donors (Lipinski definition) is 1. The van der Waals surface area contributed by atoms with E-state index in [0.717, 1.165) is 23.1 Å². The number of aryl methyl sites for hydroxylation is 1. The van der Waals surface area contributed by atoms with E-state index in [1.165, 1.54) is 4.90 Å². The number of hydrogen-bond acceptors (Lipinski definition) is 5.